The third-order valence-corrected chi connectivity index (χ3v) is 6.14. The summed E-state index contributed by atoms with van der Waals surface area (Å²) in [5.41, 5.74) is 4.07. The second kappa shape index (κ2) is 7.66. The number of aliphatic hydroxyl groups is 1. The molecule has 2 aliphatic heterocycles. The molecule has 9 nitrogen and oxygen atoms in total. The SMILES string of the molecule is Cc1c([C@@H](O)CN2CCC(Nc3nccn4cnnc34)CC2)ccc2c1COC2=O. The summed E-state index contributed by atoms with van der Waals surface area (Å²) in [4.78, 5) is 18.4. The minimum Gasteiger partial charge on any atom is -0.457 e. The number of ether oxygens (including phenoxy) is 1. The van der Waals surface area contributed by atoms with Crippen LogP contribution in [0.4, 0.5) is 5.82 Å². The Labute approximate surface area is 173 Å². The van der Waals surface area contributed by atoms with Gasteiger partial charge in [-0.25, -0.2) is 9.78 Å². The number of β-amino-alcohol motifs (C(OH)–C–C–N with tert-alkyl or cyclic N) is 1. The van der Waals surface area contributed by atoms with Gasteiger partial charge in [0.15, 0.2) is 5.82 Å². The maximum absolute atomic E-state index is 11.7. The number of aliphatic hydroxyl groups excluding tert-OH is 1. The third kappa shape index (κ3) is 3.40. The van der Waals surface area contributed by atoms with Crippen molar-refractivity contribution >= 4 is 17.4 Å². The van der Waals surface area contributed by atoms with E-state index in [0.717, 1.165) is 54.1 Å². The topological polar surface area (TPSA) is 105 Å². The number of likely N-dealkylation sites (tertiary alicyclic amines) is 1. The zero-order valence-corrected chi connectivity index (χ0v) is 16.8. The molecule has 2 aromatic heterocycles. The maximum atomic E-state index is 11.7. The Kier molecular flexibility index (Phi) is 4.84. The van der Waals surface area contributed by atoms with Crippen LogP contribution >= 0.6 is 0 Å². The zero-order chi connectivity index (χ0) is 20.7. The number of rotatable bonds is 5. The first-order chi connectivity index (χ1) is 14.6. The molecule has 156 valence electrons. The number of anilines is 1. The van der Waals surface area contributed by atoms with Crippen molar-refractivity contribution in [3.8, 4) is 0 Å². The van der Waals surface area contributed by atoms with Crippen LogP contribution in [0, 0.1) is 6.92 Å². The number of hydrogen-bond donors (Lipinski definition) is 2. The van der Waals surface area contributed by atoms with Crippen LogP contribution in [0.2, 0.25) is 0 Å². The largest absolute Gasteiger partial charge is 0.457 e. The van der Waals surface area contributed by atoms with E-state index < -0.39 is 6.10 Å². The number of fused-ring (bicyclic) bond motifs is 2. The first kappa shape index (κ1) is 19.0. The second-order valence-electron chi connectivity index (χ2n) is 7.95. The van der Waals surface area contributed by atoms with E-state index in [2.05, 4.69) is 25.4 Å². The summed E-state index contributed by atoms with van der Waals surface area (Å²) >= 11 is 0. The fraction of sp³-hybridized carbons (Fsp3) is 0.429. The summed E-state index contributed by atoms with van der Waals surface area (Å²) in [7, 11) is 0. The number of aromatic nitrogens is 4. The van der Waals surface area contributed by atoms with E-state index in [-0.39, 0.29) is 5.97 Å². The Morgan fingerprint density at radius 1 is 1.33 bits per heavy atom. The van der Waals surface area contributed by atoms with E-state index in [0.29, 0.717) is 24.8 Å². The summed E-state index contributed by atoms with van der Waals surface area (Å²) in [6, 6.07) is 3.92. The maximum Gasteiger partial charge on any atom is 0.338 e. The number of carbonyl (C=O) groups is 1. The molecular weight excluding hydrogens is 384 g/mol. The lowest BCUT2D eigenvalue weighted by Gasteiger charge is -2.34. The Bertz CT molecular complexity index is 1090. The van der Waals surface area contributed by atoms with Gasteiger partial charge in [-0.3, -0.25) is 4.40 Å². The Morgan fingerprint density at radius 2 is 2.17 bits per heavy atom. The highest BCUT2D eigenvalue weighted by Crippen LogP contribution is 2.30. The van der Waals surface area contributed by atoms with E-state index >= 15 is 0 Å². The second-order valence-corrected chi connectivity index (χ2v) is 7.95. The summed E-state index contributed by atoms with van der Waals surface area (Å²) in [6.45, 7) is 4.59. The van der Waals surface area contributed by atoms with Crippen LogP contribution in [0.3, 0.4) is 0 Å². The van der Waals surface area contributed by atoms with Crippen molar-refractivity contribution < 1.29 is 14.6 Å². The fourth-order valence-corrected chi connectivity index (χ4v) is 4.39. The van der Waals surface area contributed by atoms with Gasteiger partial charge in [0.1, 0.15) is 12.9 Å². The molecule has 4 heterocycles. The van der Waals surface area contributed by atoms with Crippen molar-refractivity contribution in [2.24, 2.45) is 0 Å². The van der Waals surface area contributed by atoms with Crippen molar-refractivity contribution in [2.45, 2.75) is 38.5 Å². The van der Waals surface area contributed by atoms with Crippen molar-refractivity contribution in [2.75, 3.05) is 25.0 Å². The summed E-state index contributed by atoms with van der Waals surface area (Å²) in [5.74, 6) is 0.471. The molecule has 2 aliphatic rings. The molecule has 0 saturated carbocycles. The minimum absolute atomic E-state index is 0.278. The molecular formula is C21H24N6O3. The minimum atomic E-state index is -0.595. The molecule has 3 aromatic rings. The molecule has 0 unspecified atom stereocenters. The van der Waals surface area contributed by atoms with Gasteiger partial charge in [-0.2, -0.15) is 0 Å². The van der Waals surface area contributed by atoms with Crippen LogP contribution in [0.1, 0.15) is 46.0 Å². The molecule has 30 heavy (non-hydrogen) atoms. The van der Waals surface area contributed by atoms with E-state index in [9.17, 15) is 9.90 Å². The number of hydrogen-bond acceptors (Lipinski definition) is 8. The lowest BCUT2D eigenvalue weighted by atomic mass is 9.94. The monoisotopic (exact) mass is 408 g/mol. The highest BCUT2D eigenvalue weighted by Gasteiger charge is 2.27. The highest BCUT2D eigenvalue weighted by molar-refractivity contribution is 5.93. The van der Waals surface area contributed by atoms with Crippen LogP contribution in [-0.4, -0.2) is 61.2 Å². The zero-order valence-electron chi connectivity index (χ0n) is 16.8. The van der Waals surface area contributed by atoms with Crippen molar-refractivity contribution in [1.29, 1.82) is 0 Å². The van der Waals surface area contributed by atoms with E-state index in [4.69, 9.17) is 4.74 Å². The first-order valence-corrected chi connectivity index (χ1v) is 10.2. The van der Waals surface area contributed by atoms with Gasteiger partial charge in [-0.1, -0.05) is 6.07 Å². The third-order valence-electron chi connectivity index (χ3n) is 6.14. The normalized spacial score (nSPS) is 18.4. The number of cyclic esters (lactones) is 1. The molecule has 0 radical (unpaired) electrons. The predicted octanol–water partition coefficient (Wildman–Crippen LogP) is 1.71. The lowest BCUT2D eigenvalue weighted by Crippen LogP contribution is -2.41. The molecule has 1 atom stereocenters. The highest BCUT2D eigenvalue weighted by atomic mass is 16.5. The number of piperidine rings is 1. The van der Waals surface area contributed by atoms with Crippen LogP contribution in [0.25, 0.3) is 5.65 Å². The molecule has 0 aliphatic carbocycles. The fourth-order valence-electron chi connectivity index (χ4n) is 4.39. The van der Waals surface area contributed by atoms with Crippen LogP contribution in [-0.2, 0) is 11.3 Å². The van der Waals surface area contributed by atoms with Gasteiger partial charge < -0.3 is 20.1 Å². The van der Waals surface area contributed by atoms with E-state index in [1.165, 1.54) is 0 Å². The van der Waals surface area contributed by atoms with Crippen molar-refractivity contribution in [3.05, 3.63) is 53.1 Å². The van der Waals surface area contributed by atoms with Crippen molar-refractivity contribution in [3.63, 3.8) is 0 Å². The van der Waals surface area contributed by atoms with Crippen LogP contribution in [0.5, 0.6) is 0 Å². The number of nitrogens with one attached hydrogen (secondary N) is 1. The standard InChI is InChI=1S/C21H24N6O3/c1-13-15(2-3-16-17(13)11-30-21(16)29)18(28)10-26-7-4-14(5-8-26)24-19-20-25-23-12-27(20)9-6-22-19/h2-3,6,9,12,14,18,28H,4-5,7-8,10-11H2,1H3,(H,22,24)/t18-/m0/s1. The molecule has 0 bridgehead atoms. The quantitative estimate of drug-likeness (QED) is 0.615. The van der Waals surface area contributed by atoms with Gasteiger partial charge in [-0.15, -0.1) is 10.2 Å². The molecule has 5 rings (SSSR count). The summed E-state index contributed by atoms with van der Waals surface area (Å²) in [6.07, 6.45) is 6.54. The van der Waals surface area contributed by atoms with Crippen LogP contribution in [0.15, 0.2) is 30.9 Å². The van der Waals surface area contributed by atoms with Gasteiger partial charge in [0.05, 0.1) is 11.7 Å². The number of carbonyl (C=O) groups excluding carboxylic acids is 1. The van der Waals surface area contributed by atoms with Gasteiger partial charge in [-0.05, 0) is 37.0 Å². The number of esters is 1. The van der Waals surface area contributed by atoms with Gasteiger partial charge in [0, 0.05) is 43.6 Å². The number of nitrogens with zero attached hydrogens (tertiary/aromatic N) is 5. The lowest BCUT2D eigenvalue weighted by molar-refractivity contribution is 0.0535. The summed E-state index contributed by atoms with van der Waals surface area (Å²) in [5, 5.41) is 22.4. The Balaban J connectivity index is 1.19. The molecule has 0 amide bonds. The average molecular weight is 408 g/mol. The predicted molar refractivity (Wildman–Crippen MR) is 109 cm³/mol. The first-order valence-electron chi connectivity index (χ1n) is 10.2. The van der Waals surface area contributed by atoms with Gasteiger partial charge >= 0.3 is 5.97 Å². The van der Waals surface area contributed by atoms with Crippen LogP contribution < -0.4 is 5.32 Å². The van der Waals surface area contributed by atoms with Gasteiger partial charge in [0.2, 0.25) is 5.65 Å². The summed E-state index contributed by atoms with van der Waals surface area (Å²) < 4.78 is 6.96. The van der Waals surface area contributed by atoms with E-state index in [1.54, 1.807) is 18.6 Å². The average Bonchev–Trinajstić information content (AvgIpc) is 3.38. The molecule has 1 saturated heterocycles. The molecule has 1 aromatic carbocycles. The molecule has 9 heteroatoms. The smallest absolute Gasteiger partial charge is 0.338 e. The number of benzene rings is 1. The van der Waals surface area contributed by atoms with Gasteiger partial charge in [0.25, 0.3) is 0 Å². The molecule has 0 spiro atoms. The Hall–Kier alpha value is -3.04. The molecule has 2 N–H and O–H groups in total. The Morgan fingerprint density at radius 3 is 3.00 bits per heavy atom. The van der Waals surface area contributed by atoms with Crippen molar-refractivity contribution in [1.82, 2.24) is 24.5 Å². The van der Waals surface area contributed by atoms with E-state index in [1.807, 2.05) is 23.6 Å². The molecule has 1 fully saturated rings.